The predicted octanol–water partition coefficient (Wildman–Crippen LogP) is 1.78. The zero-order valence-corrected chi connectivity index (χ0v) is 12.0. The first-order valence-corrected chi connectivity index (χ1v) is 8.22. The van der Waals surface area contributed by atoms with Gasteiger partial charge in [-0.3, -0.25) is 0 Å². The van der Waals surface area contributed by atoms with E-state index in [-0.39, 0.29) is 10.6 Å². The summed E-state index contributed by atoms with van der Waals surface area (Å²) in [6, 6.07) is 3.34. The van der Waals surface area contributed by atoms with E-state index in [1.807, 2.05) is 6.26 Å². The van der Waals surface area contributed by atoms with Gasteiger partial charge in [0, 0.05) is 19.3 Å². The monoisotopic (exact) mass is 292 g/mol. The van der Waals surface area contributed by atoms with Crippen molar-refractivity contribution in [2.75, 3.05) is 31.3 Å². The van der Waals surface area contributed by atoms with Gasteiger partial charge in [0.1, 0.15) is 5.82 Å². The fourth-order valence-electron chi connectivity index (χ4n) is 1.46. The SMILES string of the molecule is CSCCCN(C)S(=O)(=O)c1cc(N)cc(F)c1. The number of anilines is 1. The summed E-state index contributed by atoms with van der Waals surface area (Å²) in [5.74, 6) is 0.233. The highest BCUT2D eigenvalue weighted by atomic mass is 32.2. The van der Waals surface area contributed by atoms with Crippen molar-refractivity contribution in [3.63, 3.8) is 0 Å². The molecule has 0 aromatic heterocycles. The maximum atomic E-state index is 13.2. The summed E-state index contributed by atoms with van der Waals surface area (Å²) in [6.45, 7) is 0.402. The molecule has 0 heterocycles. The number of thioether (sulfide) groups is 1. The molecule has 18 heavy (non-hydrogen) atoms. The van der Waals surface area contributed by atoms with Crippen molar-refractivity contribution in [1.29, 1.82) is 0 Å². The lowest BCUT2D eigenvalue weighted by Gasteiger charge is -2.17. The van der Waals surface area contributed by atoms with Crippen LogP contribution in [0, 0.1) is 5.82 Å². The Hall–Kier alpha value is -0.790. The average Bonchev–Trinajstić information content (AvgIpc) is 2.27. The molecule has 2 N–H and O–H groups in total. The fourth-order valence-corrected chi connectivity index (χ4v) is 3.16. The van der Waals surface area contributed by atoms with Crippen LogP contribution in [0.1, 0.15) is 6.42 Å². The van der Waals surface area contributed by atoms with E-state index in [0.717, 1.165) is 24.3 Å². The Morgan fingerprint density at radius 2 is 2.06 bits per heavy atom. The van der Waals surface area contributed by atoms with E-state index in [9.17, 15) is 12.8 Å². The third kappa shape index (κ3) is 3.86. The number of hydrogen-bond donors (Lipinski definition) is 1. The lowest BCUT2D eigenvalue weighted by atomic mass is 10.3. The molecule has 0 unspecified atom stereocenters. The first-order chi connectivity index (χ1) is 8.37. The van der Waals surface area contributed by atoms with Gasteiger partial charge in [-0.2, -0.15) is 11.8 Å². The van der Waals surface area contributed by atoms with Crippen molar-refractivity contribution in [2.45, 2.75) is 11.3 Å². The van der Waals surface area contributed by atoms with Crippen molar-refractivity contribution in [2.24, 2.45) is 0 Å². The van der Waals surface area contributed by atoms with E-state index in [4.69, 9.17) is 5.73 Å². The Morgan fingerprint density at radius 1 is 1.39 bits per heavy atom. The zero-order chi connectivity index (χ0) is 13.8. The third-order valence-electron chi connectivity index (χ3n) is 2.42. The molecule has 0 bridgehead atoms. The molecule has 0 saturated heterocycles. The highest BCUT2D eigenvalue weighted by Gasteiger charge is 2.21. The van der Waals surface area contributed by atoms with E-state index in [2.05, 4.69) is 0 Å². The van der Waals surface area contributed by atoms with Crippen LogP contribution in [0.2, 0.25) is 0 Å². The van der Waals surface area contributed by atoms with Crippen molar-refractivity contribution in [1.82, 2.24) is 4.31 Å². The van der Waals surface area contributed by atoms with Crippen LogP contribution in [0.3, 0.4) is 0 Å². The van der Waals surface area contributed by atoms with Gasteiger partial charge in [-0.25, -0.2) is 17.1 Å². The number of nitrogens with zero attached hydrogens (tertiary/aromatic N) is 1. The first-order valence-electron chi connectivity index (χ1n) is 5.39. The molecule has 0 atom stereocenters. The lowest BCUT2D eigenvalue weighted by molar-refractivity contribution is 0.469. The smallest absolute Gasteiger partial charge is 0.242 e. The highest BCUT2D eigenvalue weighted by molar-refractivity contribution is 7.98. The minimum absolute atomic E-state index is 0.103. The van der Waals surface area contributed by atoms with Gasteiger partial charge >= 0.3 is 0 Å². The van der Waals surface area contributed by atoms with Crippen LogP contribution in [-0.4, -0.2) is 38.3 Å². The van der Waals surface area contributed by atoms with Gasteiger partial charge < -0.3 is 5.73 Å². The van der Waals surface area contributed by atoms with Crippen molar-refractivity contribution >= 4 is 27.5 Å². The Labute approximate surface area is 111 Å². The lowest BCUT2D eigenvalue weighted by Crippen LogP contribution is -2.28. The van der Waals surface area contributed by atoms with Crippen LogP contribution in [0.5, 0.6) is 0 Å². The minimum Gasteiger partial charge on any atom is -0.399 e. The van der Waals surface area contributed by atoms with Gasteiger partial charge in [0.15, 0.2) is 0 Å². The third-order valence-corrected chi connectivity index (χ3v) is 4.95. The molecule has 4 nitrogen and oxygen atoms in total. The normalized spacial score (nSPS) is 12.0. The van der Waals surface area contributed by atoms with E-state index in [1.165, 1.54) is 17.4 Å². The van der Waals surface area contributed by atoms with Crippen LogP contribution in [0.4, 0.5) is 10.1 Å². The number of rotatable bonds is 6. The first kappa shape index (κ1) is 15.3. The summed E-state index contributed by atoms with van der Waals surface area (Å²) in [7, 11) is -2.18. The van der Waals surface area contributed by atoms with Crippen LogP contribution in [0.25, 0.3) is 0 Å². The average molecular weight is 292 g/mol. The molecule has 0 fully saturated rings. The molecule has 1 rings (SSSR count). The van der Waals surface area contributed by atoms with Gasteiger partial charge in [0.05, 0.1) is 4.90 Å². The van der Waals surface area contributed by atoms with Crippen molar-refractivity contribution < 1.29 is 12.8 Å². The van der Waals surface area contributed by atoms with Gasteiger partial charge in [0.2, 0.25) is 10.0 Å². The zero-order valence-electron chi connectivity index (χ0n) is 10.4. The Bertz CT molecular complexity index is 486. The molecule has 0 aliphatic rings. The number of nitrogen functional groups attached to an aromatic ring is 1. The fraction of sp³-hybridized carbons (Fsp3) is 0.455. The Kier molecular flexibility index (Phi) is 5.43. The molecule has 7 heteroatoms. The summed E-state index contributed by atoms with van der Waals surface area (Å²) >= 11 is 1.65. The molecule has 102 valence electrons. The molecule has 1 aromatic carbocycles. The summed E-state index contributed by atoms with van der Waals surface area (Å²) in [5, 5.41) is 0. The standard InChI is InChI=1S/C11H17FN2O2S2/c1-14(4-3-5-17-2)18(15,16)11-7-9(12)6-10(13)8-11/h6-8H,3-5,13H2,1-2H3. The van der Waals surface area contributed by atoms with E-state index >= 15 is 0 Å². The van der Waals surface area contributed by atoms with Gasteiger partial charge in [-0.15, -0.1) is 0 Å². The van der Waals surface area contributed by atoms with Crippen LogP contribution in [-0.2, 0) is 10.0 Å². The maximum absolute atomic E-state index is 13.2. The second-order valence-electron chi connectivity index (χ2n) is 3.89. The molecule has 0 aliphatic carbocycles. The summed E-state index contributed by atoms with van der Waals surface area (Å²) in [6.07, 6.45) is 2.71. The van der Waals surface area contributed by atoms with Gasteiger partial charge in [0.25, 0.3) is 0 Å². The molecular weight excluding hydrogens is 275 g/mol. The Balaban J connectivity index is 2.91. The largest absolute Gasteiger partial charge is 0.399 e. The number of nitrogens with two attached hydrogens (primary N) is 1. The Morgan fingerprint density at radius 3 is 2.61 bits per heavy atom. The second-order valence-corrected chi connectivity index (χ2v) is 6.92. The van der Waals surface area contributed by atoms with Gasteiger partial charge in [-0.1, -0.05) is 0 Å². The molecular formula is C11H17FN2O2S2. The minimum atomic E-state index is -3.66. The molecule has 0 radical (unpaired) electrons. The maximum Gasteiger partial charge on any atom is 0.242 e. The number of halogens is 1. The molecule has 0 amide bonds. The molecule has 0 aliphatic heterocycles. The molecule has 1 aromatic rings. The van der Waals surface area contributed by atoms with Crippen molar-refractivity contribution in [3.05, 3.63) is 24.0 Å². The summed E-state index contributed by atoms with van der Waals surface area (Å²) in [4.78, 5) is -0.105. The number of benzene rings is 1. The van der Waals surface area contributed by atoms with E-state index in [0.29, 0.717) is 6.54 Å². The van der Waals surface area contributed by atoms with E-state index < -0.39 is 15.8 Å². The number of hydrogen-bond acceptors (Lipinski definition) is 4. The van der Waals surface area contributed by atoms with Crippen LogP contribution in [0.15, 0.2) is 23.1 Å². The summed E-state index contributed by atoms with van der Waals surface area (Å²) < 4.78 is 38.6. The van der Waals surface area contributed by atoms with E-state index in [1.54, 1.807) is 11.8 Å². The van der Waals surface area contributed by atoms with Crippen LogP contribution < -0.4 is 5.73 Å². The van der Waals surface area contributed by atoms with Gasteiger partial charge in [-0.05, 0) is 36.6 Å². The topological polar surface area (TPSA) is 63.4 Å². The van der Waals surface area contributed by atoms with Crippen molar-refractivity contribution in [3.8, 4) is 0 Å². The highest BCUT2D eigenvalue weighted by Crippen LogP contribution is 2.19. The molecule has 0 saturated carbocycles. The molecule has 0 spiro atoms. The predicted molar refractivity (Wildman–Crippen MR) is 73.6 cm³/mol. The summed E-state index contributed by atoms with van der Waals surface area (Å²) in [5.41, 5.74) is 5.55. The quantitative estimate of drug-likeness (QED) is 0.641. The van der Waals surface area contributed by atoms with Crippen LogP contribution >= 0.6 is 11.8 Å². The second kappa shape index (κ2) is 6.40. The number of sulfonamides is 1.